The molecule has 0 saturated carbocycles. The minimum atomic E-state index is -0.693. The van der Waals surface area contributed by atoms with Gasteiger partial charge in [-0.2, -0.15) is 0 Å². The van der Waals surface area contributed by atoms with E-state index in [1.54, 1.807) is 35.8 Å². The Morgan fingerprint density at radius 2 is 1.86 bits per heavy atom. The Kier molecular flexibility index (Phi) is 7.85. The second-order valence-corrected chi connectivity index (χ2v) is 9.21. The number of hydrogen-bond donors (Lipinski definition) is 0. The summed E-state index contributed by atoms with van der Waals surface area (Å²) in [5.74, 6) is 0.227. The van der Waals surface area contributed by atoms with E-state index in [1.807, 2.05) is 37.3 Å². The van der Waals surface area contributed by atoms with Gasteiger partial charge in [0.1, 0.15) is 12.4 Å². The van der Waals surface area contributed by atoms with Crippen molar-refractivity contribution >= 4 is 35.0 Å². The van der Waals surface area contributed by atoms with E-state index in [2.05, 4.69) is 4.99 Å². The van der Waals surface area contributed by atoms with Crippen LogP contribution in [-0.2, 0) is 14.3 Å². The van der Waals surface area contributed by atoms with Crippen molar-refractivity contribution in [3.05, 3.63) is 95.6 Å². The molecule has 0 amide bonds. The fraction of sp³-hybridized carbons (Fsp3) is 0.269. The number of aromatic nitrogens is 1. The SMILES string of the molecule is CCOc1ccc(C=c2sc3n(c2=O)C(c2ccc(Cl)cc2)C(C(=O)OCCOC)=C(C)N=3)cc1. The number of ether oxygens (including phenoxy) is 3. The van der Waals surface area contributed by atoms with Gasteiger partial charge in [-0.25, -0.2) is 9.79 Å². The Morgan fingerprint density at radius 1 is 1.14 bits per heavy atom. The van der Waals surface area contributed by atoms with E-state index < -0.39 is 12.0 Å². The summed E-state index contributed by atoms with van der Waals surface area (Å²) in [4.78, 5) is 31.8. The molecule has 35 heavy (non-hydrogen) atoms. The summed E-state index contributed by atoms with van der Waals surface area (Å²) in [6.45, 7) is 4.63. The van der Waals surface area contributed by atoms with Gasteiger partial charge in [-0.1, -0.05) is 47.2 Å². The number of thiazole rings is 1. The number of esters is 1. The van der Waals surface area contributed by atoms with Crippen LogP contribution < -0.4 is 19.6 Å². The average Bonchev–Trinajstić information content (AvgIpc) is 3.14. The van der Waals surface area contributed by atoms with Crippen LogP contribution in [0.25, 0.3) is 6.08 Å². The monoisotopic (exact) mass is 512 g/mol. The number of nitrogens with zero attached hydrogens (tertiary/aromatic N) is 2. The van der Waals surface area contributed by atoms with Gasteiger partial charge in [-0.05, 0) is 55.3 Å². The summed E-state index contributed by atoms with van der Waals surface area (Å²) in [6.07, 6.45) is 1.81. The van der Waals surface area contributed by atoms with Gasteiger partial charge in [0, 0.05) is 12.1 Å². The van der Waals surface area contributed by atoms with E-state index in [1.165, 1.54) is 18.4 Å². The molecule has 9 heteroatoms. The molecule has 0 radical (unpaired) electrons. The van der Waals surface area contributed by atoms with Gasteiger partial charge in [0.05, 0.1) is 35.1 Å². The number of methoxy groups -OCH3 is 1. The zero-order valence-electron chi connectivity index (χ0n) is 19.6. The fourth-order valence-corrected chi connectivity index (χ4v) is 4.99. The van der Waals surface area contributed by atoms with Gasteiger partial charge in [0.25, 0.3) is 5.56 Å². The third-order valence-electron chi connectivity index (χ3n) is 5.44. The summed E-state index contributed by atoms with van der Waals surface area (Å²) < 4.78 is 18.0. The van der Waals surface area contributed by atoms with Crippen molar-refractivity contribution in [1.82, 2.24) is 4.57 Å². The van der Waals surface area contributed by atoms with Gasteiger partial charge in [-0.15, -0.1) is 0 Å². The highest BCUT2D eigenvalue weighted by Gasteiger charge is 2.33. The summed E-state index contributed by atoms with van der Waals surface area (Å²) in [5.41, 5.74) is 2.16. The molecule has 3 aromatic rings. The number of benzene rings is 2. The minimum Gasteiger partial charge on any atom is -0.494 e. The molecule has 182 valence electrons. The van der Waals surface area contributed by atoms with Crippen LogP contribution in [0.5, 0.6) is 5.75 Å². The first-order chi connectivity index (χ1) is 16.9. The first kappa shape index (κ1) is 24.9. The Balaban J connectivity index is 1.83. The van der Waals surface area contributed by atoms with Crippen molar-refractivity contribution in [2.75, 3.05) is 26.9 Å². The van der Waals surface area contributed by atoms with Gasteiger partial charge < -0.3 is 14.2 Å². The van der Waals surface area contributed by atoms with E-state index in [0.717, 1.165) is 16.9 Å². The first-order valence-electron chi connectivity index (χ1n) is 11.1. The molecule has 0 fully saturated rings. The largest absolute Gasteiger partial charge is 0.494 e. The van der Waals surface area contributed by atoms with E-state index in [-0.39, 0.29) is 18.8 Å². The maximum Gasteiger partial charge on any atom is 0.338 e. The molecule has 7 nitrogen and oxygen atoms in total. The molecule has 1 atom stereocenters. The predicted octanol–water partition coefficient (Wildman–Crippen LogP) is 3.48. The summed E-state index contributed by atoms with van der Waals surface area (Å²) in [5, 5.41) is 0.557. The van der Waals surface area contributed by atoms with E-state index in [9.17, 15) is 9.59 Å². The highest BCUT2D eigenvalue weighted by atomic mass is 35.5. The maximum atomic E-state index is 13.6. The second-order valence-electron chi connectivity index (χ2n) is 7.76. The molecule has 1 aromatic heterocycles. The molecule has 0 spiro atoms. The Bertz CT molecular complexity index is 1420. The molecule has 2 aromatic carbocycles. The Morgan fingerprint density at radius 3 is 2.51 bits per heavy atom. The van der Waals surface area contributed by atoms with Gasteiger partial charge in [0.2, 0.25) is 0 Å². The number of carbonyl (C=O) groups excluding carboxylic acids is 1. The first-order valence-corrected chi connectivity index (χ1v) is 12.3. The average molecular weight is 513 g/mol. The summed E-state index contributed by atoms with van der Waals surface area (Å²) in [6, 6.07) is 13.9. The van der Waals surface area contributed by atoms with Crippen LogP contribution in [0.1, 0.15) is 31.0 Å². The van der Waals surface area contributed by atoms with Crippen molar-refractivity contribution in [3.63, 3.8) is 0 Å². The molecule has 0 bridgehead atoms. The molecule has 0 N–H and O–H groups in total. The van der Waals surface area contributed by atoms with Crippen LogP contribution in [-0.4, -0.2) is 37.5 Å². The molecule has 1 aliphatic rings. The van der Waals surface area contributed by atoms with E-state index in [0.29, 0.717) is 32.2 Å². The molecule has 0 aliphatic carbocycles. The van der Waals surface area contributed by atoms with Crippen LogP contribution in [0.15, 0.2) is 69.6 Å². The third-order valence-corrected chi connectivity index (χ3v) is 6.67. The lowest BCUT2D eigenvalue weighted by atomic mass is 9.96. The van der Waals surface area contributed by atoms with Crippen LogP contribution in [0.4, 0.5) is 0 Å². The zero-order valence-corrected chi connectivity index (χ0v) is 21.2. The highest BCUT2D eigenvalue weighted by molar-refractivity contribution is 7.07. The second kappa shape index (κ2) is 11.0. The molecule has 1 aliphatic heterocycles. The smallest absolute Gasteiger partial charge is 0.338 e. The highest BCUT2D eigenvalue weighted by Crippen LogP contribution is 2.31. The molecule has 4 rings (SSSR count). The summed E-state index contributed by atoms with van der Waals surface area (Å²) >= 11 is 7.38. The number of allylic oxidation sites excluding steroid dienone is 1. The lowest BCUT2D eigenvalue weighted by Crippen LogP contribution is -2.40. The number of halogens is 1. The topological polar surface area (TPSA) is 79.1 Å². The van der Waals surface area contributed by atoms with Crippen molar-refractivity contribution in [2.45, 2.75) is 19.9 Å². The number of rotatable bonds is 8. The Hall–Kier alpha value is -3.20. The van der Waals surface area contributed by atoms with Crippen molar-refractivity contribution < 1.29 is 19.0 Å². The Labute approximate surface area is 211 Å². The molecule has 2 heterocycles. The van der Waals surface area contributed by atoms with E-state index >= 15 is 0 Å². The molecule has 1 unspecified atom stereocenters. The molecular weight excluding hydrogens is 488 g/mol. The quantitative estimate of drug-likeness (QED) is 0.341. The van der Waals surface area contributed by atoms with Crippen LogP contribution in [0.2, 0.25) is 5.02 Å². The molecular formula is C26H25ClN2O5S. The fourth-order valence-electron chi connectivity index (χ4n) is 3.82. The predicted molar refractivity (Wildman–Crippen MR) is 136 cm³/mol. The van der Waals surface area contributed by atoms with Gasteiger partial charge in [-0.3, -0.25) is 9.36 Å². The van der Waals surface area contributed by atoms with Crippen LogP contribution in [0, 0.1) is 0 Å². The lowest BCUT2D eigenvalue weighted by Gasteiger charge is -2.24. The van der Waals surface area contributed by atoms with Gasteiger partial charge in [0.15, 0.2) is 4.80 Å². The van der Waals surface area contributed by atoms with Gasteiger partial charge >= 0.3 is 5.97 Å². The minimum absolute atomic E-state index is 0.0988. The number of hydrogen-bond acceptors (Lipinski definition) is 7. The normalized spacial score (nSPS) is 15.5. The standard InChI is InChI=1S/C26H25ClN2O5S/c1-4-33-20-11-5-17(6-12-20)15-21-24(30)29-23(18-7-9-19(27)10-8-18)22(16(2)28-26(29)35-21)25(31)34-14-13-32-3/h5-12,15,23H,4,13-14H2,1-3H3. The third kappa shape index (κ3) is 5.40. The van der Waals surface area contributed by atoms with Crippen LogP contribution in [0.3, 0.4) is 0 Å². The maximum absolute atomic E-state index is 13.6. The lowest BCUT2D eigenvalue weighted by molar-refractivity contribution is -0.140. The van der Waals surface area contributed by atoms with Crippen molar-refractivity contribution in [3.8, 4) is 5.75 Å². The van der Waals surface area contributed by atoms with Crippen molar-refractivity contribution in [1.29, 1.82) is 0 Å². The molecule has 0 saturated heterocycles. The number of carbonyl (C=O) groups is 1. The van der Waals surface area contributed by atoms with Crippen LogP contribution >= 0.6 is 22.9 Å². The zero-order chi connectivity index (χ0) is 24.9. The van der Waals surface area contributed by atoms with E-state index in [4.69, 9.17) is 25.8 Å². The van der Waals surface area contributed by atoms with Crippen molar-refractivity contribution in [2.24, 2.45) is 4.99 Å². The summed E-state index contributed by atoms with van der Waals surface area (Å²) in [7, 11) is 1.53. The number of fused-ring (bicyclic) bond motifs is 1.